The lowest BCUT2D eigenvalue weighted by molar-refractivity contribution is -0.131. The van der Waals surface area contributed by atoms with Gasteiger partial charge in [0.2, 0.25) is 5.91 Å². The predicted molar refractivity (Wildman–Crippen MR) is 147 cm³/mol. The van der Waals surface area contributed by atoms with E-state index in [1.54, 1.807) is 6.08 Å². The van der Waals surface area contributed by atoms with Gasteiger partial charge in [-0.25, -0.2) is 5.43 Å². The molecule has 3 heterocycles. The molecule has 0 bridgehead atoms. The number of likely N-dealkylation sites (tertiary alicyclic amines) is 1. The van der Waals surface area contributed by atoms with Gasteiger partial charge in [0.05, 0.1) is 6.17 Å². The normalized spacial score (nSPS) is 25.1. The highest BCUT2D eigenvalue weighted by atomic mass is 16.5. The number of nitrogens with zero attached hydrogens (tertiary/aromatic N) is 3. The number of hydrogen-bond acceptors (Lipinski definition) is 7. The highest BCUT2D eigenvalue weighted by molar-refractivity contribution is 5.89. The monoisotopic (exact) mass is 516 g/mol. The molecule has 0 radical (unpaired) electrons. The SMILES string of the molecule is CN(C)C/C=C/C(=O)N1CCC(CN2C=C(c3ccc(Oc4ccccc4)cc3)C3C(N)NNC(=O)C32)C1. The Morgan fingerprint density at radius 3 is 2.61 bits per heavy atom. The van der Waals surface area contributed by atoms with E-state index in [-0.39, 0.29) is 23.7 Å². The molecule has 3 aliphatic rings. The largest absolute Gasteiger partial charge is 0.457 e. The summed E-state index contributed by atoms with van der Waals surface area (Å²) >= 11 is 0. The number of ether oxygens (including phenoxy) is 1. The number of nitrogens with two attached hydrogens (primary N) is 1. The van der Waals surface area contributed by atoms with E-state index in [9.17, 15) is 9.59 Å². The molecule has 9 nitrogen and oxygen atoms in total. The van der Waals surface area contributed by atoms with Gasteiger partial charge in [-0.2, -0.15) is 0 Å². The van der Waals surface area contributed by atoms with Crippen LogP contribution in [0.3, 0.4) is 0 Å². The van der Waals surface area contributed by atoms with Crippen molar-refractivity contribution in [3.63, 3.8) is 0 Å². The quantitative estimate of drug-likeness (QED) is 0.461. The summed E-state index contributed by atoms with van der Waals surface area (Å²) in [6.07, 6.45) is 6.12. The lowest BCUT2D eigenvalue weighted by atomic mass is 9.86. The van der Waals surface area contributed by atoms with Gasteiger partial charge in [0.15, 0.2) is 0 Å². The molecular weight excluding hydrogens is 480 g/mol. The standard InChI is InChI=1S/C29H36N6O3/c1-33(2)15-6-9-25(36)34-16-14-20(17-34)18-35-19-24(26-27(35)29(37)32-31-28(26)30)21-10-12-23(13-11-21)38-22-7-4-3-5-8-22/h3-13,19-20,26-28,31H,14-18,30H2,1-2H3,(H,32,37)/b9-6+. The minimum absolute atomic E-state index is 0.0457. The zero-order valence-corrected chi connectivity index (χ0v) is 21.9. The number of carbonyl (C=O) groups is 2. The lowest BCUT2D eigenvalue weighted by Gasteiger charge is -2.38. The summed E-state index contributed by atoms with van der Waals surface area (Å²) in [5, 5.41) is 0. The van der Waals surface area contributed by atoms with Crippen molar-refractivity contribution in [1.29, 1.82) is 0 Å². The average Bonchev–Trinajstić information content (AvgIpc) is 3.53. The molecule has 4 N–H and O–H groups in total. The van der Waals surface area contributed by atoms with Gasteiger partial charge in [-0.1, -0.05) is 36.4 Å². The van der Waals surface area contributed by atoms with Gasteiger partial charge in [0, 0.05) is 44.4 Å². The number of para-hydroxylation sites is 1. The third-order valence-corrected chi connectivity index (χ3v) is 7.34. The third kappa shape index (κ3) is 5.75. The van der Waals surface area contributed by atoms with Crippen molar-refractivity contribution in [3.8, 4) is 11.5 Å². The average molecular weight is 517 g/mol. The number of nitrogens with one attached hydrogen (secondary N) is 2. The van der Waals surface area contributed by atoms with Crippen LogP contribution in [0.15, 0.2) is 72.9 Å². The van der Waals surface area contributed by atoms with Gasteiger partial charge in [0.25, 0.3) is 5.91 Å². The second kappa shape index (κ2) is 11.4. The summed E-state index contributed by atoms with van der Waals surface area (Å²) in [7, 11) is 3.95. The van der Waals surface area contributed by atoms with Crippen LogP contribution in [-0.2, 0) is 9.59 Å². The summed E-state index contributed by atoms with van der Waals surface area (Å²) in [5.74, 6) is 1.55. The maximum atomic E-state index is 13.0. The van der Waals surface area contributed by atoms with Crippen LogP contribution in [0.1, 0.15) is 12.0 Å². The molecule has 2 saturated heterocycles. The zero-order valence-electron chi connectivity index (χ0n) is 21.9. The number of hydrazine groups is 1. The fraction of sp³-hybridized carbons (Fsp3) is 0.379. The van der Waals surface area contributed by atoms with Crippen molar-refractivity contribution < 1.29 is 14.3 Å². The van der Waals surface area contributed by atoms with E-state index in [4.69, 9.17) is 10.5 Å². The molecule has 2 aromatic carbocycles. The van der Waals surface area contributed by atoms with Crippen LogP contribution in [0, 0.1) is 11.8 Å². The number of fused-ring (bicyclic) bond motifs is 1. The van der Waals surface area contributed by atoms with E-state index in [0.29, 0.717) is 13.1 Å². The summed E-state index contributed by atoms with van der Waals surface area (Å²) < 4.78 is 5.95. The molecule has 0 aliphatic carbocycles. The van der Waals surface area contributed by atoms with Crippen molar-refractivity contribution in [2.45, 2.75) is 18.6 Å². The second-order valence-electron chi connectivity index (χ2n) is 10.5. The number of benzene rings is 2. The van der Waals surface area contributed by atoms with Gasteiger partial charge in [0.1, 0.15) is 17.5 Å². The number of carbonyl (C=O) groups excluding carboxylic acids is 2. The predicted octanol–water partition coefficient (Wildman–Crippen LogP) is 2.01. The Hall–Kier alpha value is -3.66. The summed E-state index contributed by atoms with van der Waals surface area (Å²) in [6.45, 7) is 2.82. The Balaban J connectivity index is 1.29. The van der Waals surface area contributed by atoms with Crippen LogP contribution < -0.4 is 21.3 Å². The molecule has 4 atom stereocenters. The lowest BCUT2D eigenvalue weighted by Crippen LogP contribution is -2.66. The van der Waals surface area contributed by atoms with E-state index in [1.807, 2.05) is 84.6 Å². The van der Waals surface area contributed by atoms with Gasteiger partial charge < -0.3 is 25.2 Å². The molecule has 0 saturated carbocycles. The number of hydrogen-bond donors (Lipinski definition) is 3. The van der Waals surface area contributed by atoms with Crippen LogP contribution in [0.5, 0.6) is 11.5 Å². The molecule has 0 aromatic heterocycles. The summed E-state index contributed by atoms with van der Waals surface area (Å²) in [5.41, 5.74) is 14.2. The van der Waals surface area contributed by atoms with Crippen molar-refractivity contribution in [1.82, 2.24) is 25.6 Å². The van der Waals surface area contributed by atoms with E-state index >= 15 is 0 Å². The first-order chi connectivity index (χ1) is 18.4. The highest BCUT2D eigenvalue weighted by Crippen LogP contribution is 2.39. The van der Waals surface area contributed by atoms with E-state index in [2.05, 4.69) is 22.0 Å². The van der Waals surface area contributed by atoms with Gasteiger partial charge in [-0.3, -0.25) is 15.0 Å². The Labute approximate surface area is 223 Å². The smallest absolute Gasteiger partial charge is 0.257 e. The molecule has 200 valence electrons. The van der Waals surface area contributed by atoms with Crippen molar-refractivity contribution in [2.75, 3.05) is 40.3 Å². The maximum Gasteiger partial charge on any atom is 0.257 e. The zero-order chi connectivity index (χ0) is 26.6. The van der Waals surface area contributed by atoms with E-state index < -0.39 is 12.2 Å². The van der Waals surface area contributed by atoms with Gasteiger partial charge in [-0.05, 0) is 61.8 Å². The molecule has 3 aliphatic heterocycles. The molecular formula is C29H36N6O3. The molecule has 4 unspecified atom stereocenters. The minimum Gasteiger partial charge on any atom is -0.457 e. The molecule has 5 rings (SSSR count). The topological polar surface area (TPSA) is 103 Å². The summed E-state index contributed by atoms with van der Waals surface area (Å²) in [6, 6.07) is 17.2. The first-order valence-corrected chi connectivity index (χ1v) is 13.1. The first-order valence-electron chi connectivity index (χ1n) is 13.1. The molecule has 0 spiro atoms. The van der Waals surface area contributed by atoms with Crippen LogP contribution in [0.4, 0.5) is 0 Å². The fourth-order valence-corrected chi connectivity index (χ4v) is 5.47. The van der Waals surface area contributed by atoms with Crippen LogP contribution in [-0.4, -0.2) is 79.0 Å². The third-order valence-electron chi connectivity index (χ3n) is 7.34. The Kier molecular flexibility index (Phi) is 7.78. The maximum absolute atomic E-state index is 13.0. The van der Waals surface area contributed by atoms with Crippen LogP contribution in [0.2, 0.25) is 0 Å². The summed E-state index contributed by atoms with van der Waals surface area (Å²) in [4.78, 5) is 31.6. The Morgan fingerprint density at radius 1 is 1.13 bits per heavy atom. The van der Waals surface area contributed by atoms with Crippen LogP contribution >= 0.6 is 0 Å². The Morgan fingerprint density at radius 2 is 1.87 bits per heavy atom. The number of amides is 2. The molecule has 2 fully saturated rings. The molecule has 38 heavy (non-hydrogen) atoms. The van der Waals surface area contributed by atoms with Gasteiger partial charge in [-0.15, -0.1) is 0 Å². The van der Waals surface area contributed by atoms with Crippen molar-refractivity contribution in [2.24, 2.45) is 17.6 Å². The number of likely N-dealkylation sites (N-methyl/N-ethyl adjacent to an activating group) is 1. The van der Waals surface area contributed by atoms with Crippen molar-refractivity contribution >= 4 is 17.4 Å². The van der Waals surface area contributed by atoms with Gasteiger partial charge >= 0.3 is 0 Å². The molecule has 2 amide bonds. The number of rotatable bonds is 8. The van der Waals surface area contributed by atoms with Crippen LogP contribution in [0.25, 0.3) is 5.57 Å². The molecule has 2 aromatic rings. The van der Waals surface area contributed by atoms with Crippen molar-refractivity contribution in [3.05, 3.63) is 78.5 Å². The van der Waals surface area contributed by atoms with E-state index in [0.717, 1.165) is 42.1 Å². The van der Waals surface area contributed by atoms with E-state index in [1.165, 1.54) is 0 Å². The fourth-order valence-electron chi connectivity index (χ4n) is 5.47. The minimum atomic E-state index is -0.419. The Bertz CT molecular complexity index is 1200. The second-order valence-corrected chi connectivity index (χ2v) is 10.5. The molecule has 9 heteroatoms. The first kappa shape index (κ1) is 26.0. The highest BCUT2D eigenvalue weighted by Gasteiger charge is 2.47.